The third kappa shape index (κ3) is 9.77. The van der Waals surface area contributed by atoms with Gasteiger partial charge in [0.1, 0.15) is 122 Å². The van der Waals surface area contributed by atoms with E-state index < -0.39 is 187 Å². The lowest BCUT2D eigenvalue weighted by atomic mass is 9.95. The molecule has 0 aliphatic carbocycles. The van der Waals surface area contributed by atoms with Gasteiger partial charge in [-0.2, -0.15) is 0 Å². The van der Waals surface area contributed by atoms with Crippen LogP contribution >= 0.6 is 0 Å². The molecule has 58 heavy (non-hydrogen) atoms. The smallest absolute Gasteiger partial charge is 0.187 e. The zero-order valence-corrected chi connectivity index (χ0v) is 31.2. The molecular weight excluding hydrogens is 800 g/mol. The Bertz CT molecular complexity index is 1230. The van der Waals surface area contributed by atoms with E-state index in [0.717, 1.165) is 7.11 Å². The molecule has 0 aromatic heterocycles. The standard InChI is InChI=1S/C32H56O26/c1-48-24-9(4-34)53-30(21(45)15(24)39)56-26-11(6-36)54-31(22(46)17(26)41)58-27-12(7-50-29-19(43)14(38)13(37)8(3-33)51-29)55-32(23(47)18(27)42)57-25-10(5-35)52-28(49-2)20(44)16(25)40/h8-47H,3-7H2,1-2H3/t8?,9?,10-,11-,12?,13-,14-,15+,16?,17?,18+,19?,20?,21?,22?,23?,24+,25+,26+,27+,28+,29-,30-,31-,32-/m0/s1. The summed E-state index contributed by atoms with van der Waals surface area (Å²) in [5.41, 5.74) is 0. The van der Waals surface area contributed by atoms with E-state index in [1.54, 1.807) is 0 Å². The summed E-state index contributed by atoms with van der Waals surface area (Å²) < 4.78 is 60.7. The normalized spacial score (nSPS) is 51.8. The molecule has 5 aliphatic rings. The number of ether oxygens (including phenoxy) is 11. The monoisotopic (exact) mass is 856 g/mol. The molecule has 0 aromatic rings. The maximum absolute atomic E-state index is 11.4. The fourth-order valence-electron chi connectivity index (χ4n) is 7.38. The predicted octanol–water partition coefficient (Wildman–Crippen LogP) is -10.6. The second-order valence-corrected chi connectivity index (χ2v) is 14.4. The summed E-state index contributed by atoms with van der Waals surface area (Å²) in [6.07, 6.45) is -43.5. The van der Waals surface area contributed by atoms with Crippen LogP contribution in [0.15, 0.2) is 0 Å². The summed E-state index contributed by atoms with van der Waals surface area (Å²) in [5, 5.41) is 158. The largest absolute Gasteiger partial charge is 0.394 e. The van der Waals surface area contributed by atoms with E-state index in [2.05, 4.69) is 0 Å². The maximum Gasteiger partial charge on any atom is 0.187 e. The molecule has 5 rings (SSSR count). The first-order valence-corrected chi connectivity index (χ1v) is 18.4. The molecule has 5 saturated heterocycles. The zero-order valence-electron chi connectivity index (χ0n) is 31.2. The number of aliphatic hydroxyl groups is 15. The van der Waals surface area contributed by atoms with Crippen LogP contribution in [-0.4, -0.2) is 277 Å². The van der Waals surface area contributed by atoms with Crippen LogP contribution in [0.3, 0.4) is 0 Å². The Morgan fingerprint density at radius 2 is 0.655 bits per heavy atom. The fraction of sp³-hybridized carbons (Fsp3) is 1.00. The SMILES string of the molecule is CO[C@@H]1O[C@@H](CO)[C@@H](O[C@@H]2OC(CO[C@H]3OC(CO)[C@H](O)[C@H](O)C3O)[C@@H](O[C@@H]3O[C@@H](CO)[C@@H](O[C@@H]4OC(CO)[C@@H](OC)[C@H](O)C4O)C(O)C3O)[C@H](O)C2O)C(O)C1O. The molecule has 0 bridgehead atoms. The average molecular weight is 857 g/mol. The molecule has 26 nitrogen and oxygen atoms in total. The summed E-state index contributed by atoms with van der Waals surface area (Å²) in [7, 11) is 2.36. The predicted molar refractivity (Wildman–Crippen MR) is 176 cm³/mol. The number of methoxy groups -OCH3 is 2. The van der Waals surface area contributed by atoms with Crippen molar-refractivity contribution >= 4 is 0 Å². The quantitative estimate of drug-likeness (QED) is 0.0727. The molecule has 340 valence electrons. The minimum Gasteiger partial charge on any atom is -0.394 e. The van der Waals surface area contributed by atoms with Gasteiger partial charge in [-0.05, 0) is 0 Å². The van der Waals surface area contributed by atoms with Crippen LogP contribution in [0.25, 0.3) is 0 Å². The highest BCUT2D eigenvalue weighted by molar-refractivity contribution is 4.98. The molecule has 0 aromatic carbocycles. The van der Waals surface area contributed by atoms with Gasteiger partial charge in [0.25, 0.3) is 0 Å². The average Bonchev–Trinajstić information content (AvgIpc) is 3.22. The van der Waals surface area contributed by atoms with Gasteiger partial charge in [0.05, 0.1) is 33.0 Å². The van der Waals surface area contributed by atoms with Crippen LogP contribution in [0.5, 0.6) is 0 Å². The lowest BCUT2D eigenvalue weighted by Crippen LogP contribution is -2.68. The number of hydrogen-bond donors (Lipinski definition) is 15. The summed E-state index contributed by atoms with van der Waals surface area (Å²) in [5.74, 6) is 0. The van der Waals surface area contributed by atoms with E-state index >= 15 is 0 Å². The molecule has 26 heteroatoms. The van der Waals surface area contributed by atoms with Gasteiger partial charge >= 0.3 is 0 Å². The molecule has 25 atom stereocenters. The first-order chi connectivity index (χ1) is 27.6. The summed E-state index contributed by atoms with van der Waals surface area (Å²) in [6.45, 7) is -4.06. The number of hydrogen-bond acceptors (Lipinski definition) is 26. The summed E-state index contributed by atoms with van der Waals surface area (Å²) in [6, 6.07) is 0. The second-order valence-electron chi connectivity index (χ2n) is 14.4. The van der Waals surface area contributed by atoms with E-state index in [1.165, 1.54) is 7.11 Å². The minimum atomic E-state index is -2.11. The lowest BCUT2D eigenvalue weighted by Gasteiger charge is -2.49. The molecule has 5 fully saturated rings. The van der Waals surface area contributed by atoms with E-state index in [1.807, 2.05) is 0 Å². The van der Waals surface area contributed by atoms with Gasteiger partial charge in [-0.3, -0.25) is 0 Å². The molecule has 0 spiro atoms. The van der Waals surface area contributed by atoms with Gasteiger partial charge in [-0.25, -0.2) is 0 Å². The van der Waals surface area contributed by atoms with Crippen LogP contribution in [0.1, 0.15) is 0 Å². The van der Waals surface area contributed by atoms with Gasteiger partial charge in [-0.15, -0.1) is 0 Å². The summed E-state index contributed by atoms with van der Waals surface area (Å²) >= 11 is 0. The van der Waals surface area contributed by atoms with Crippen molar-refractivity contribution < 1.29 is 129 Å². The molecule has 15 N–H and O–H groups in total. The molecule has 5 aliphatic heterocycles. The van der Waals surface area contributed by atoms with Crippen LogP contribution < -0.4 is 0 Å². The minimum absolute atomic E-state index is 0.689. The molecule has 0 amide bonds. The molecule has 5 heterocycles. The van der Waals surface area contributed by atoms with Crippen LogP contribution in [0.2, 0.25) is 0 Å². The molecule has 10 unspecified atom stereocenters. The highest BCUT2D eigenvalue weighted by Gasteiger charge is 2.56. The summed E-state index contributed by atoms with van der Waals surface area (Å²) in [4.78, 5) is 0. The van der Waals surface area contributed by atoms with Crippen molar-refractivity contribution in [1.82, 2.24) is 0 Å². The van der Waals surface area contributed by atoms with Crippen molar-refractivity contribution in [3.63, 3.8) is 0 Å². The number of aliphatic hydroxyl groups excluding tert-OH is 15. The van der Waals surface area contributed by atoms with Crippen molar-refractivity contribution in [3.05, 3.63) is 0 Å². The molecule has 0 radical (unpaired) electrons. The Kier molecular flexibility index (Phi) is 17.3. The maximum atomic E-state index is 11.4. The molecular formula is C32H56O26. The highest BCUT2D eigenvalue weighted by Crippen LogP contribution is 2.35. The second kappa shape index (κ2) is 20.9. The van der Waals surface area contributed by atoms with Crippen LogP contribution in [0, 0.1) is 0 Å². The van der Waals surface area contributed by atoms with E-state index in [9.17, 15) is 76.6 Å². The fourth-order valence-corrected chi connectivity index (χ4v) is 7.38. The Morgan fingerprint density at radius 1 is 0.328 bits per heavy atom. The van der Waals surface area contributed by atoms with E-state index in [0.29, 0.717) is 0 Å². The van der Waals surface area contributed by atoms with Crippen LogP contribution in [-0.2, 0) is 52.1 Å². The van der Waals surface area contributed by atoms with Crippen LogP contribution in [0.4, 0.5) is 0 Å². The third-order valence-electron chi connectivity index (χ3n) is 10.8. The van der Waals surface area contributed by atoms with Gasteiger partial charge in [0, 0.05) is 14.2 Å². The van der Waals surface area contributed by atoms with Crippen molar-refractivity contribution in [1.29, 1.82) is 0 Å². The van der Waals surface area contributed by atoms with Crippen molar-refractivity contribution in [2.75, 3.05) is 47.3 Å². The first kappa shape index (κ1) is 48.0. The Balaban J connectivity index is 1.35. The Labute approximate surface area is 329 Å². The molecule has 0 saturated carbocycles. The Morgan fingerprint density at radius 3 is 1.07 bits per heavy atom. The van der Waals surface area contributed by atoms with Crippen molar-refractivity contribution in [2.45, 2.75) is 154 Å². The van der Waals surface area contributed by atoms with E-state index in [4.69, 9.17) is 52.1 Å². The van der Waals surface area contributed by atoms with Gasteiger partial charge < -0.3 is 129 Å². The van der Waals surface area contributed by atoms with Crippen molar-refractivity contribution in [2.24, 2.45) is 0 Å². The Hall–Kier alpha value is -1.04. The third-order valence-corrected chi connectivity index (χ3v) is 10.8. The van der Waals surface area contributed by atoms with Crippen molar-refractivity contribution in [3.8, 4) is 0 Å². The van der Waals surface area contributed by atoms with Gasteiger partial charge in [0.15, 0.2) is 31.5 Å². The highest BCUT2D eigenvalue weighted by atomic mass is 16.8. The topological polar surface area (TPSA) is 405 Å². The van der Waals surface area contributed by atoms with E-state index in [-0.39, 0.29) is 0 Å². The lowest BCUT2D eigenvalue weighted by molar-refractivity contribution is -0.391. The zero-order chi connectivity index (χ0) is 42.7. The van der Waals surface area contributed by atoms with Gasteiger partial charge in [-0.1, -0.05) is 0 Å². The first-order valence-electron chi connectivity index (χ1n) is 18.4. The van der Waals surface area contributed by atoms with Gasteiger partial charge in [0.2, 0.25) is 0 Å². The number of rotatable bonds is 15.